The molecular weight excluding hydrogens is 468 g/mol. The first-order chi connectivity index (χ1) is 17.4. The van der Waals surface area contributed by atoms with Crippen molar-refractivity contribution in [1.29, 1.82) is 0 Å². The van der Waals surface area contributed by atoms with Gasteiger partial charge in [0.15, 0.2) is 18.3 Å². The van der Waals surface area contributed by atoms with Crippen LogP contribution >= 0.6 is 0 Å². The van der Waals surface area contributed by atoms with E-state index in [0.717, 1.165) is 0 Å². The summed E-state index contributed by atoms with van der Waals surface area (Å²) < 4.78 is 16.1. The molecule has 3 aromatic rings. The van der Waals surface area contributed by atoms with Crippen LogP contribution in [0.2, 0.25) is 0 Å². The molecule has 1 aliphatic carbocycles. The maximum absolute atomic E-state index is 12.8. The third kappa shape index (κ3) is 5.44. The summed E-state index contributed by atoms with van der Waals surface area (Å²) in [6, 6.07) is 23.5. The lowest BCUT2D eigenvalue weighted by molar-refractivity contribution is -0.223. The molecular formula is C27H24O9. The third-order valence-corrected chi connectivity index (χ3v) is 5.78. The Morgan fingerprint density at radius 1 is 0.444 bits per heavy atom. The highest BCUT2D eigenvalue weighted by molar-refractivity contribution is 5.91. The zero-order valence-electron chi connectivity index (χ0n) is 18.9. The number of carbonyl (C=O) groups is 3. The molecule has 0 heterocycles. The highest BCUT2D eigenvalue weighted by Gasteiger charge is 2.55. The first-order valence-corrected chi connectivity index (χ1v) is 11.2. The standard InChI is InChI=1S/C27H24O9/c28-19-20(29)23(35-26(32)17-12-6-2-7-13-17)24(36-27(33)18-14-8-3-9-15-18)21(30)22(19)34-25(31)16-10-4-1-5-11-16/h1-15,19-24,28-30H/t19-,20-,21-,22+,23+,24-/m1/s1. The molecule has 3 aromatic carbocycles. The van der Waals surface area contributed by atoms with Gasteiger partial charge in [-0.1, -0.05) is 54.6 Å². The molecule has 0 aromatic heterocycles. The van der Waals surface area contributed by atoms with Gasteiger partial charge in [0, 0.05) is 0 Å². The molecule has 0 radical (unpaired) electrons. The van der Waals surface area contributed by atoms with E-state index in [4.69, 9.17) is 14.2 Å². The number of aliphatic hydroxyl groups excluding tert-OH is 3. The normalized spacial score (nSPS) is 25.4. The van der Waals surface area contributed by atoms with Gasteiger partial charge in [-0.05, 0) is 36.4 Å². The summed E-state index contributed by atoms with van der Waals surface area (Å²) in [5.41, 5.74) is 0.414. The van der Waals surface area contributed by atoms with Crippen molar-refractivity contribution in [2.45, 2.75) is 36.6 Å². The van der Waals surface area contributed by atoms with Crippen LogP contribution in [-0.4, -0.2) is 69.9 Å². The molecule has 1 saturated carbocycles. The molecule has 1 aliphatic rings. The molecule has 4 rings (SSSR count). The van der Waals surface area contributed by atoms with Crippen molar-refractivity contribution >= 4 is 17.9 Å². The minimum atomic E-state index is -1.86. The van der Waals surface area contributed by atoms with Gasteiger partial charge in [0.1, 0.15) is 18.3 Å². The van der Waals surface area contributed by atoms with E-state index < -0.39 is 54.5 Å². The Hall–Kier alpha value is -4.05. The Morgan fingerprint density at radius 3 is 1.08 bits per heavy atom. The summed E-state index contributed by atoms with van der Waals surface area (Å²) in [7, 11) is 0. The van der Waals surface area contributed by atoms with Crippen molar-refractivity contribution < 1.29 is 43.9 Å². The van der Waals surface area contributed by atoms with Crippen LogP contribution in [0.5, 0.6) is 0 Å². The highest BCUT2D eigenvalue weighted by Crippen LogP contribution is 2.30. The number of esters is 3. The maximum Gasteiger partial charge on any atom is 0.338 e. The van der Waals surface area contributed by atoms with Gasteiger partial charge in [0.05, 0.1) is 16.7 Å². The number of rotatable bonds is 6. The van der Waals surface area contributed by atoms with Crippen molar-refractivity contribution in [2.24, 2.45) is 0 Å². The molecule has 36 heavy (non-hydrogen) atoms. The lowest BCUT2D eigenvalue weighted by atomic mass is 9.84. The van der Waals surface area contributed by atoms with Gasteiger partial charge in [-0.25, -0.2) is 14.4 Å². The zero-order chi connectivity index (χ0) is 25.7. The molecule has 0 aliphatic heterocycles. The van der Waals surface area contributed by atoms with Crippen LogP contribution in [-0.2, 0) is 14.2 Å². The second kappa shape index (κ2) is 11.1. The predicted molar refractivity (Wildman–Crippen MR) is 125 cm³/mol. The second-order valence-corrected chi connectivity index (χ2v) is 8.18. The molecule has 0 spiro atoms. The van der Waals surface area contributed by atoms with Gasteiger partial charge in [-0.15, -0.1) is 0 Å². The molecule has 0 bridgehead atoms. The average Bonchev–Trinajstić information content (AvgIpc) is 2.92. The molecule has 0 unspecified atom stereocenters. The monoisotopic (exact) mass is 492 g/mol. The molecule has 1 fully saturated rings. The summed E-state index contributed by atoms with van der Waals surface area (Å²) in [6.45, 7) is 0. The van der Waals surface area contributed by atoms with Gasteiger partial charge >= 0.3 is 17.9 Å². The summed E-state index contributed by atoms with van der Waals surface area (Å²) in [5.74, 6) is -2.63. The third-order valence-electron chi connectivity index (χ3n) is 5.78. The van der Waals surface area contributed by atoms with Crippen LogP contribution in [0, 0.1) is 0 Å². The number of ether oxygens (including phenoxy) is 3. The summed E-state index contributed by atoms with van der Waals surface area (Å²) >= 11 is 0. The van der Waals surface area contributed by atoms with Crippen molar-refractivity contribution in [3.63, 3.8) is 0 Å². The number of aliphatic hydroxyl groups is 3. The Bertz CT molecular complexity index is 1180. The van der Waals surface area contributed by atoms with Crippen LogP contribution in [0.25, 0.3) is 0 Å². The fourth-order valence-electron chi connectivity index (χ4n) is 3.88. The lowest BCUT2D eigenvalue weighted by Crippen LogP contribution is -2.66. The number of carbonyl (C=O) groups excluding carboxylic acids is 3. The smallest absolute Gasteiger partial charge is 0.338 e. The molecule has 0 saturated heterocycles. The maximum atomic E-state index is 12.8. The van der Waals surface area contributed by atoms with E-state index in [2.05, 4.69) is 0 Å². The zero-order valence-corrected chi connectivity index (χ0v) is 18.9. The fourth-order valence-corrected chi connectivity index (χ4v) is 3.88. The van der Waals surface area contributed by atoms with Crippen LogP contribution in [0.3, 0.4) is 0 Å². The topological polar surface area (TPSA) is 140 Å². The SMILES string of the molecule is O=C(O[C@H]1[C@H](O)[C@@H](O)[C@H](OC(=O)c2ccccc2)[C@H](OC(=O)c2ccccc2)[C@@H]1O)c1ccccc1. The summed E-state index contributed by atoms with van der Waals surface area (Å²) in [6.07, 6.45) is -10.6. The van der Waals surface area contributed by atoms with Crippen LogP contribution in [0.4, 0.5) is 0 Å². The number of hydrogen-bond donors (Lipinski definition) is 3. The van der Waals surface area contributed by atoms with Crippen LogP contribution in [0.15, 0.2) is 91.0 Å². The van der Waals surface area contributed by atoms with Crippen LogP contribution in [0.1, 0.15) is 31.1 Å². The van der Waals surface area contributed by atoms with E-state index in [-0.39, 0.29) is 16.7 Å². The van der Waals surface area contributed by atoms with Gasteiger partial charge in [-0.2, -0.15) is 0 Å². The quantitative estimate of drug-likeness (QED) is 0.347. The molecule has 9 heteroatoms. The van der Waals surface area contributed by atoms with Crippen molar-refractivity contribution in [3.8, 4) is 0 Å². The Morgan fingerprint density at radius 2 is 0.722 bits per heavy atom. The number of hydrogen-bond acceptors (Lipinski definition) is 9. The Labute approximate surface area is 206 Å². The predicted octanol–water partition coefficient (Wildman–Crippen LogP) is 1.76. The van der Waals surface area contributed by atoms with Crippen LogP contribution < -0.4 is 0 Å². The van der Waals surface area contributed by atoms with E-state index in [1.54, 1.807) is 54.6 Å². The minimum absolute atomic E-state index is 0.135. The molecule has 6 atom stereocenters. The van der Waals surface area contributed by atoms with E-state index >= 15 is 0 Å². The van der Waals surface area contributed by atoms with E-state index in [0.29, 0.717) is 0 Å². The average molecular weight is 492 g/mol. The molecule has 0 amide bonds. The van der Waals surface area contributed by atoms with Gasteiger partial charge < -0.3 is 29.5 Å². The van der Waals surface area contributed by atoms with E-state index in [1.807, 2.05) is 0 Å². The Kier molecular flexibility index (Phi) is 7.74. The molecule has 3 N–H and O–H groups in total. The Balaban J connectivity index is 1.61. The fraction of sp³-hybridized carbons (Fsp3) is 0.222. The van der Waals surface area contributed by atoms with Gasteiger partial charge in [0.2, 0.25) is 0 Å². The van der Waals surface area contributed by atoms with Crippen molar-refractivity contribution in [2.75, 3.05) is 0 Å². The number of benzene rings is 3. The second-order valence-electron chi connectivity index (χ2n) is 8.18. The van der Waals surface area contributed by atoms with Crippen molar-refractivity contribution in [3.05, 3.63) is 108 Å². The lowest BCUT2D eigenvalue weighted by Gasteiger charge is -2.43. The van der Waals surface area contributed by atoms with E-state index in [1.165, 1.54) is 36.4 Å². The highest BCUT2D eigenvalue weighted by atomic mass is 16.6. The van der Waals surface area contributed by atoms with E-state index in [9.17, 15) is 29.7 Å². The first kappa shape index (κ1) is 25.1. The largest absolute Gasteiger partial charge is 0.453 e. The molecule has 9 nitrogen and oxygen atoms in total. The summed E-state index contributed by atoms with van der Waals surface area (Å²) in [5, 5.41) is 32.6. The van der Waals surface area contributed by atoms with Gasteiger partial charge in [-0.3, -0.25) is 0 Å². The van der Waals surface area contributed by atoms with Crippen molar-refractivity contribution in [1.82, 2.24) is 0 Å². The molecule has 186 valence electrons. The van der Waals surface area contributed by atoms with Gasteiger partial charge in [0.25, 0.3) is 0 Å². The minimum Gasteiger partial charge on any atom is -0.453 e. The summed E-state index contributed by atoms with van der Waals surface area (Å²) in [4.78, 5) is 38.1. The first-order valence-electron chi connectivity index (χ1n) is 11.2.